The summed E-state index contributed by atoms with van der Waals surface area (Å²) in [6, 6.07) is 0. The average Bonchev–Trinajstić information content (AvgIpc) is 2.68. The van der Waals surface area contributed by atoms with Crippen LogP contribution < -0.4 is 5.32 Å². The summed E-state index contributed by atoms with van der Waals surface area (Å²) in [6.07, 6.45) is 0.482. The number of amides is 1. The van der Waals surface area contributed by atoms with Gasteiger partial charge in [-0.05, 0) is 18.8 Å². The average molecular weight is 268 g/mol. The minimum Gasteiger partial charge on any atom is -0.481 e. The molecule has 1 amide bonds. The number of nitrogens with one attached hydrogen (secondary N) is 2. The first kappa shape index (κ1) is 15.1. The summed E-state index contributed by atoms with van der Waals surface area (Å²) in [6.45, 7) is 7.64. The second kappa shape index (κ2) is 5.81. The molecule has 0 aliphatic heterocycles. The number of nitrogens with zero attached hydrogens (tertiary/aromatic N) is 2. The summed E-state index contributed by atoms with van der Waals surface area (Å²) in [5.74, 6) is -1.44. The predicted octanol–water partition coefficient (Wildman–Crippen LogP) is 0.980. The van der Waals surface area contributed by atoms with Gasteiger partial charge in [-0.1, -0.05) is 20.8 Å². The standard InChI is InChI=1S/C12H20N4O3/c1-7-14-9(16-15-7)10(17)13-6-8(11(18)19)5-12(2,3)4/h8H,5-6H2,1-4H3,(H,13,17)(H,18,19)(H,14,15,16). The van der Waals surface area contributed by atoms with Crippen LogP contribution in [0.3, 0.4) is 0 Å². The lowest BCUT2D eigenvalue weighted by atomic mass is 9.84. The van der Waals surface area contributed by atoms with Crippen molar-refractivity contribution in [2.75, 3.05) is 6.54 Å². The zero-order valence-corrected chi connectivity index (χ0v) is 11.6. The Morgan fingerprint density at radius 1 is 1.42 bits per heavy atom. The Hall–Kier alpha value is -1.92. The molecule has 7 nitrogen and oxygen atoms in total. The Balaban J connectivity index is 2.57. The number of carboxylic acids is 1. The monoisotopic (exact) mass is 268 g/mol. The molecule has 7 heteroatoms. The number of carboxylic acid groups (broad SMARTS) is 1. The molecule has 0 radical (unpaired) electrons. The van der Waals surface area contributed by atoms with E-state index >= 15 is 0 Å². The molecule has 1 aromatic rings. The molecule has 0 aromatic carbocycles. The Bertz CT molecular complexity index is 462. The molecule has 1 aromatic heterocycles. The van der Waals surface area contributed by atoms with Gasteiger partial charge in [-0.15, -0.1) is 5.10 Å². The number of hydrogen-bond donors (Lipinski definition) is 3. The number of hydrogen-bond acceptors (Lipinski definition) is 4. The van der Waals surface area contributed by atoms with Gasteiger partial charge in [0.15, 0.2) is 0 Å². The van der Waals surface area contributed by atoms with Crippen LogP contribution in [-0.4, -0.2) is 38.7 Å². The lowest BCUT2D eigenvalue weighted by Crippen LogP contribution is -2.35. The van der Waals surface area contributed by atoms with E-state index in [0.29, 0.717) is 12.2 Å². The Morgan fingerprint density at radius 3 is 2.47 bits per heavy atom. The molecule has 0 spiro atoms. The van der Waals surface area contributed by atoms with Gasteiger partial charge in [0.2, 0.25) is 5.82 Å². The molecular formula is C12H20N4O3. The van der Waals surface area contributed by atoms with Gasteiger partial charge in [-0.2, -0.15) is 0 Å². The third-order valence-corrected chi connectivity index (χ3v) is 2.52. The van der Waals surface area contributed by atoms with Gasteiger partial charge in [0.05, 0.1) is 5.92 Å². The first-order valence-corrected chi connectivity index (χ1v) is 6.09. The van der Waals surface area contributed by atoms with E-state index in [9.17, 15) is 9.59 Å². The molecule has 106 valence electrons. The minimum absolute atomic E-state index is 0.0254. The molecule has 0 bridgehead atoms. The summed E-state index contributed by atoms with van der Waals surface area (Å²) in [4.78, 5) is 26.7. The molecule has 1 atom stereocenters. The third-order valence-electron chi connectivity index (χ3n) is 2.52. The SMILES string of the molecule is Cc1nc(C(=O)NCC(CC(C)(C)C)C(=O)O)n[nH]1. The number of carbonyl (C=O) groups excluding carboxylic acids is 1. The van der Waals surface area contributed by atoms with Crippen molar-refractivity contribution < 1.29 is 14.7 Å². The van der Waals surface area contributed by atoms with Crippen LogP contribution >= 0.6 is 0 Å². The van der Waals surface area contributed by atoms with E-state index in [2.05, 4.69) is 20.5 Å². The highest BCUT2D eigenvalue weighted by molar-refractivity contribution is 5.90. The van der Waals surface area contributed by atoms with Crippen molar-refractivity contribution in [3.05, 3.63) is 11.6 Å². The quantitative estimate of drug-likeness (QED) is 0.737. The first-order chi connectivity index (χ1) is 8.69. The van der Waals surface area contributed by atoms with Crippen LogP contribution in [0.1, 0.15) is 43.6 Å². The zero-order valence-electron chi connectivity index (χ0n) is 11.6. The van der Waals surface area contributed by atoms with Crippen molar-refractivity contribution in [3.8, 4) is 0 Å². The minimum atomic E-state index is -0.915. The second-order valence-electron chi connectivity index (χ2n) is 5.75. The van der Waals surface area contributed by atoms with Crippen LogP contribution in [0.4, 0.5) is 0 Å². The number of aliphatic carboxylic acids is 1. The fraction of sp³-hybridized carbons (Fsp3) is 0.667. The zero-order chi connectivity index (χ0) is 14.6. The Kier molecular flexibility index (Phi) is 4.63. The van der Waals surface area contributed by atoms with E-state index in [0.717, 1.165) is 0 Å². The van der Waals surface area contributed by atoms with Crippen LogP contribution in [0.25, 0.3) is 0 Å². The largest absolute Gasteiger partial charge is 0.481 e. The Morgan fingerprint density at radius 2 is 2.05 bits per heavy atom. The van der Waals surface area contributed by atoms with Crippen molar-refractivity contribution in [3.63, 3.8) is 0 Å². The molecule has 0 aliphatic carbocycles. The van der Waals surface area contributed by atoms with Gasteiger partial charge in [-0.25, -0.2) is 4.98 Å². The molecule has 3 N–H and O–H groups in total. The van der Waals surface area contributed by atoms with Crippen molar-refractivity contribution in [2.24, 2.45) is 11.3 Å². The van der Waals surface area contributed by atoms with Crippen LogP contribution in [-0.2, 0) is 4.79 Å². The van der Waals surface area contributed by atoms with Gasteiger partial charge in [0.1, 0.15) is 5.82 Å². The van der Waals surface area contributed by atoms with Gasteiger partial charge in [0, 0.05) is 6.54 Å². The first-order valence-electron chi connectivity index (χ1n) is 6.09. The van der Waals surface area contributed by atoms with E-state index in [1.807, 2.05) is 20.8 Å². The number of H-pyrrole nitrogens is 1. The van der Waals surface area contributed by atoms with Crippen LogP contribution in [0.2, 0.25) is 0 Å². The van der Waals surface area contributed by atoms with Crippen LogP contribution in [0.15, 0.2) is 0 Å². The van der Waals surface area contributed by atoms with E-state index in [1.54, 1.807) is 6.92 Å². The number of rotatable bonds is 5. The highest BCUT2D eigenvalue weighted by Gasteiger charge is 2.25. The van der Waals surface area contributed by atoms with E-state index in [-0.39, 0.29) is 17.8 Å². The molecule has 0 fully saturated rings. The fourth-order valence-electron chi connectivity index (χ4n) is 1.73. The number of aromatic nitrogens is 3. The van der Waals surface area contributed by atoms with Gasteiger partial charge < -0.3 is 10.4 Å². The smallest absolute Gasteiger partial charge is 0.308 e. The van der Waals surface area contributed by atoms with Crippen molar-refractivity contribution >= 4 is 11.9 Å². The Labute approximate surface area is 111 Å². The summed E-state index contributed by atoms with van der Waals surface area (Å²) in [7, 11) is 0. The number of aryl methyl sites for hydroxylation is 1. The molecule has 1 rings (SSSR count). The second-order valence-corrected chi connectivity index (χ2v) is 5.75. The molecular weight excluding hydrogens is 248 g/mol. The summed E-state index contributed by atoms with van der Waals surface area (Å²) in [5.41, 5.74) is -0.116. The van der Waals surface area contributed by atoms with E-state index in [1.165, 1.54) is 0 Å². The molecule has 0 aliphatic rings. The third kappa shape index (κ3) is 5.07. The van der Waals surface area contributed by atoms with Gasteiger partial charge in [0.25, 0.3) is 5.91 Å². The molecule has 0 saturated carbocycles. The highest BCUT2D eigenvalue weighted by Crippen LogP contribution is 2.24. The summed E-state index contributed by atoms with van der Waals surface area (Å²) >= 11 is 0. The highest BCUT2D eigenvalue weighted by atomic mass is 16.4. The van der Waals surface area contributed by atoms with Crippen molar-refractivity contribution in [1.82, 2.24) is 20.5 Å². The normalized spacial score (nSPS) is 13.1. The molecule has 1 unspecified atom stereocenters. The maximum absolute atomic E-state index is 11.7. The van der Waals surface area contributed by atoms with Crippen LogP contribution in [0, 0.1) is 18.3 Å². The lowest BCUT2D eigenvalue weighted by Gasteiger charge is -2.23. The summed E-state index contributed by atoms with van der Waals surface area (Å²) < 4.78 is 0. The topological polar surface area (TPSA) is 108 Å². The number of carbonyl (C=O) groups is 2. The number of aromatic amines is 1. The lowest BCUT2D eigenvalue weighted by molar-refractivity contribution is -0.142. The van der Waals surface area contributed by atoms with E-state index in [4.69, 9.17) is 5.11 Å². The molecule has 0 saturated heterocycles. The molecule has 19 heavy (non-hydrogen) atoms. The summed E-state index contributed by atoms with van der Waals surface area (Å²) in [5, 5.41) is 18.0. The van der Waals surface area contributed by atoms with Gasteiger partial charge >= 0.3 is 5.97 Å². The predicted molar refractivity (Wildman–Crippen MR) is 68.7 cm³/mol. The van der Waals surface area contributed by atoms with Crippen molar-refractivity contribution in [1.29, 1.82) is 0 Å². The van der Waals surface area contributed by atoms with Crippen molar-refractivity contribution in [2.45, 2.75) is 34.1 Å². The fourth-order valence-corrected chi connectivity index (χ4v) is 1.73. The van der Waals surface area contributed by atoms with Gasteiger partial charge in [-0.3, -0.25) is 14.7 Å². The molecule has 1 heterocycles. The van der Waals surface area contributed by atoms with E-state index < -0.39 is 17.8 Å². The maximum atomic E-state index is 11.7. The maximum Gasteiger partial charge on any atom is 0.308 e. The van der Waals surface area contributed by atoms with Crippen LogP contribution in [0.5, 0.6) is 0 Å².